The van der Waals surface area contributed by atoms with Crippen molar-refractivity contribution >= 4 is 5.97 Å². The second-order valence-electron chi connectivity index (χ2n) is 4.73. The van der Waals surface area contributed by atoms with Gasteiger partial charge in [-0.1, -0.05) is 12.8 Å². The first-order chi connectivity index (χ1) is 7.14. The molecule has 0 aromatic carbocycles. The Morgan fingerprint density at radius 1 is 1.53 bits per heavy atom. The maximum absolute atomic E-state index is 11.3. The summed E-state index contributed by atoms with van der Waals surface area (Å²) in [6, 6.07) is -0.111. The van der Waals surface area contributed by atoms with E-state index in [1.165, 1.54) is 7.11 Å². The number of nitrogens with zero attached hydrogens (tertiary/aromatic N) is 1. The average Bonchev–Trinajstić information content (AvgIpc) is 2.60. The SMILES string of the molecule is COC(=O)C1CCN1CC1(O)CCCC1. The Labute approximate surface area is 90.2 Å². The van der Waals surface area contributed by atoms with E-state index in [-0.39, 0.29) is 12.0 Å². The van der Waals surface area contributed by atoms with Gasteiger partial charge in [0.25, 0.3) is 0 Å². The molecule has 2 rings (SSSR count). The fourth-order valence-corrected chi connectivity index (χ4v) is 2.60. The van der Waals surface area contributed by atoms with Crippen molar-refractivity contribution in [1.82, 2.24) is 4.90 Å². The van der Waals surface area contributed by atoms with Gasteiger partial charge >= 0.3 is 5.97 Å². The predicted octanol–water partition coefficient (Wildman–Crippen LogP) is 0.539. The van der Waals surface area contributed by atoms with E-state index in [4.69, 9.17) is 4.74 Å². The number of aliphatic hydroxyl groups is 1. The molecule has 2 fully saturated rings. The maximum atomic E-state index is 11.3. The third-order valence-electron chi connectivity index (χ3n) is 3.64. The molecule has 4 heteroatoms. The molecule has 0 radical (unpaired) electrons. The quantitative estimate of drug-likeness (QED) is 0.695. The van der Waals surface area contributed by atoms with E-state index in [1.807, 2.05) is 4.90 Å². The van der Waals surface area contributed by atoms with Gasteiger partial charge in [0.1, 0.15) is 6.04 Å². The van der Waals surface area contributed by atoms with Gasteiger partial charge in [-0.3, -0.25) is 9.69 Å². The minimum Gasteiger partial charge on any atom is -0.468 e. The highest BCUT2D eigenvalue weighted by Gasteiger charge is 2.41. The van der Waals surface area contributed by atoms with Crippen molar-refractivity contribution in [3.05, 3.63) is 0 Å². The highest BCUT2D eigenvalue weighted by atomic mass is 16.5. The molecule has 1 atom stereocenters. The first-order valence-corrected chi connectivity index (χ1v) is 5.69. The average molecular weight is 213 g/mol. The van der Waals surface area contributed by atoms with E-state index in [0.717, 1.165) is 38.6 Å². The highest BCUT2D eigenvalue weighted by molar-refractivity contribution is 5.76. The summed E-state index contributed by atoms with van der Waals surface area (Å²) in [5, 5.41) is 10.2. The third kappa shape index (κ3) is 2.16. The number of carbonyl (C=O) groups excluding carboxylic acids is 1. The molecule has 86 valence electrons. The van der Waals surface area contributed by atoms with Crippen LogP contribution in [0.2, 0.25) is 0 Å². The number of carbonyl (C=O) groups is 1. The fourth-order valence-electron chi connectivity index (χ4n) is 2.60. The van der Waals surface area contributed by atoms with Crippen molar-refractivity contribution in [3.8, 4) is 0 Å². The molecular formula is C11H19NO3. The lowest BCUT2D eigenvalue weighted by Gasteiger charge is -2.42. The van der Waals surface area contributed by atoms with Crippen molar-refractivity contribution < 1.29 is 14.6 Å². The zero-order chi connectivity index (χ0) is 10.9. The van der Waals surface area contributed by atoms with Gasteiger partial charge in [0, 0.05) is 13.1 Å². The van der Waals surface area contributed by atoms with E-state index >= 15 is 0 Å². The van der Waals surface area contributed by atoms with Gasteiger partial charge < -0.3 is 9.84 Å². The Kier molecular flexibility index (Phi) is 2.98. The van der Waals surface area contributed by atoms with Crippen molar-refractivity contribution in [2.24, 2.45) is 0 Å². The molecule has 1 aliphatic heterocycles. The van der Waals surface area contributed by atoms with Gasteiger partial charge in [-0.2, -0.15) is 0 Å². The summed E-state index contributed by atoms with van der Waals surface area (Å²) < 4.78 is 4.72. The van der Waals surface area contributed by atoms with Crippen LogP contribution in [0.25, 0.3) is 0 Å². The molecule has 0 spiro atoms. The van der Waals surface area contributed by atoms with E-state index < -0.39 is 5.60 Å². The molecule has 1 aliphatic carbocycles. The summed E-state index contributed by atoms with van der Waals surface area (Å²) in [7, 11) is 1.42. The van der Waals surface area contributed by atoms with E-state index in [0.29, 0.717) is 6.54 Å². The Balaban J connectivity index is 1.87. The summed E-state index contributed by atoms with van der Waals surface area (Å²) >= 11 is 0. The third-order valence-corrected chi connectivity index (χ3v) is 3.64. The van der Waals surface area contributed by atoms with Crippen molar-refractivity contribution in [2.45, 2.75) is 43.7 Å². The fraction of sp³-hybridized carbons (Fsp3) is 0.909. The van der Waals surface area contributed by atoms with Crippen LogP contribution in [-0.4, -0.2) is 47.8 Å². The molecule has 0 aromatic heterocycles. The number of ether oxygens (including phenoxy) is 1. The Morgan fingerprint density at radius 2 is 2.20 bits per heavy atom. The Hall–Kier alpha value is -0.610. The van der Waals surface area contributed by atoms with Gasteiger partial charge in [0.15, 0.2) is 0 Å². The second-order valence-corrected chi connectivity index (χ2v) is 4.73. The van der Waals surface area contributed by atoms with Gasteiger partial charge in [-0.15, -0.1) is 0 Å². The molecule has 0 bridgehead atoms. The van der Waals surface area contributed by atoms with E-state index in [1.54, 1.807) is 0 Å². The lowest BCUT2D eigenvalue weighted by atomic mass is 9.95. The zero-order valence-corrected chi connectivity index (χ0v) is 9.24. The Bertz CT molecular complexity index is 248. The summed E-state index contributed by atoms with van der Waals surface area (Å²) in [6.07, 6.45) is 4.82. The van der Waals surface area contributed by atoms with E-state index in [9.17, 15) is 9.90 Å². The van der Waals surface area contributed by atoms with Gasteiger partial charge in [-0.25, -0.2) is 0 Å². The highest BCUT2D eigenvalue weighted by Crippen LogP contribution is 2.32. The molecule has 1 saturated heterocycles. The number of esters is 1. The van der Waals surface area contributed by atoms with Crippen LogP contribution < -0.4 is 0 Å². The minimum atomic E-state index is -0.549. The smallest absolute Gasteiger partial charge is 0.323 e. The van der Waals surface area contributed by atoms with Crippen LogP contribution in [0.3, 0.4) is 0 Å². The molecule has 1 unspecified atom stereocenters. The number of hydrogen-bond acceptors (Lipinski definition) is 4. The van der Waals surface area contributed by atoms with Crippen molar-refractivity contribution in [1.29, 1.82) is 0 Å². The van der Waals surface area contributed by atoms with Crippen LogP contribution in [0.4, 0.5) is 0 Å². The van der Waals surface area contributed by atoms with Gasteiger partial charge in [0.05, 0.1) is 12.7 Å². The van der Waals surface area contributed by atoms with Crippen LogP contribution in [-0.2, 0) is 9.53 Å². The molecular weight excluding hydrogens is 194 g/mol. The van der Waals surface area contributed by atoms with Crippen LogP contribution in [0.15, 0.2) is 0 Å². The van der Waals surface area contributed by atoms with Crippen molar-refractivity contribution in [2.75, 3.05) is 20.2 Å². The summed E-state index contributed by atoms with van der Waals surface area (Å²) in [6.45, 7) is 1.54. The maximum Gasteiger partial charge on any atom is 0.323 e. The molecule has 1 heterocycles. The molecule has 1 N–H and O–H groups in total. The summed E-state index contributed by atoms with van der Waals surface area (Å²) in [5.74, 6) is -0.164. The molecule has 15 heavy (non-hydrogen) atoms. The second kappa shape index (κ2) is 4.10. The van der Waals surface area contributed by atoms with Crippen LogP contribution in [0.5, 0.6) is 0 Å². The van der Waals surface area contributed by atoms with E-state index in [2.05, 4.69) is 0 Å². The summed E-state index contributed by atoms with van der Waals surface area (Å²) in [4.78, 5) is 13.4. The molecule has 4 nitrogen and oxygen atoms in total. The van der Waals surface area contributed by atoms with Gasteiger partial charge in [0.2, 0.25) is 0 Å². The lowest BCUT2D eigenvalue weighted by Crippen LogP contribution is -2.57. The predicted molar refractivity (Wildman–Crippen MR) is 55.4 cm³/mol. The topological polar surface area (TPSA) is 49.8 Å². The number of β-amino-alcohol motifs (C(OH)–C–C–N with tert-alkyl or cyclic N) is 1. The molecule has 2 aliphatic rings. The normalized spacial score (nSPS) is 29.9. The first-order valence-electron chi connectivity index (χ1n) is 5.69. The summed E-state index contributed by atoms with van der Waals surface area (Å²) in [5.41, 5.74) is -0.549. The number of methoxy groups -OCH3 is 1. The van der Waals surface area contributed by atoms with Crippen LogP contribution >= 0.6 is 0 Å². The standard InChI is InChI=1S/C11H19NO3/c1-15-10(13)9-4-7-12(9)8-11(14)5-2-3-6-11/h9,14H,2-8H2,1H3. The molecule has 1 saturated carbocycles. The number of likely N-dealkylation sites (tertiary alicyclic amines) is 1. The number of hydrogen-bond donors (Lipinski definition) is 1. The monoisotopic (exact) mass is 213 g/mol. The zero-order valence-electron chi connectivity index (χ0n) is 9.24. The van der Waals surface area contributed by atoms with Crippen molar-refractivity contribution in [3.63, 3.8) is 0 Å². The molecule has 0 aromatic rings. The largest absolute Gasteiger partial charge is 0.468 e. The van der Waals surface area contributed by atoms with Crippen LogP contribution in [0.1, 0.15) is 32.1 Å². The minimum absolute atomic E-state index is 0.111. The first kappa shape index (κ1) is 10.9. The molecule has 0 amide bonds. The van der Waals surface area contributed by atoms with Gasteiger partial charge in [-0.05, 0) is 19.3 Å². The lowest BCUT2D eigenvalue weighted by molar-refractivity contribution is -0.154. The van der Waals surface area contributed by atoms with Crippen LogP contribution in [0, 0.1) is 0 Å². The number of rotatable bonds is 3. The Morgan fingerprint density at radius 3 is 2.67 bits per heavy atom.